The predicted octanol–water partition coefficient (Wildman–Crippen LogP) is -0.116. The zero-order chi connectivity index (χ0) is 20.1. The zero-order valence-corrected chi connectivity index (χ0v) is 15.2. The number of ether oxygens (including phenoxy) is 3. The van der Waals surface area contributed by atoms with Gasteiger partial charge >= 0.3 is 11.9 Å². The van der Waals surface area contributed by atoms with Crippen molar-refractivity contribution in [2.24, 2.45) is 10.7 Å². The molecule has 0 aromatic heterocycles. The molecule has 9 heteroatoms. The van der Waals surface area contributed by atoms with E-state index in [1.807, 2.05) is 18.2 Å². The van der Waals surface area contributed by atoms with E-state index < -0.39 is 36.2 Å². The van der Waals surface area contributed by atoms with Gasteiger partial charge in [-0.3, -0.25) is 4.99 Å². The fraction of sp³-hybridized carbons (Fsp3) is 0.471. The van der Waals surface area contributed by atoms with Gasteiger partial charge in [-0.1, -0.05) is 18.2 Å². The van der Waals surface area contributed by atoms with Gasteiger partial charge in [0.25, 0.3) is 0 Å². The molecule has 0 spiro atoms. The Kier molecular flexibility index (Phi) is 11.6. The summed E-state index contributed by atoms with van der Waals surface area (Å²) in [5.74, 6) is -0.768. The SMILES string of the molecule is COC(=O)C(O)C(C)N.COC(=O)C(O)C(C)N=COc1ccccc1. The molecule has 9 nitrogen and oxygen atoms in total. The van der Waals surface area contributed by atoms with Crippen molar-refractivity contribution in [3.8, 4) is 5.75 Å². The van der Waals surface area contributed by atoms with Crippen LogP contribution in [-0.2, 0) is 19.1 Å². The third-order valence-electron chi connectivity index (χ3n) is 3.07. The van der Waals surface area contributed by atoms with Crippen LogP contribution in [0.4, 0.5) is 0 Å². The largest absolute Gasteiger partial charge is 0.467 e. The Morgan fingerprint density at radius 3 is 1.96 bits per heavy atom. The number of carbonyl (C=O) groups is 2. The first-order valence-electron chi connectivity index (χ1n) is 7.75. The minimum atomic E-state index is -1.28. The maximum Gasteiger partial charge on any atom is 0.336 e. The molecular formula is C17H26N2O7. The molecule has 0 fully saturated rings. The number of para-hydroxylation sites is 1. The van der Waals surface area contributed by atoms with Crippen LogP contribution in [-0.4, -0.2) is 67.1 Å². The number of hydrogen-bond acceptors (Lipinski definition) is 9. The molecular weight excluding hydrogens is 344 g/mol. The van der Waals surface area contributed by atoms with Gasteiger partial charge in [0.2, 0.25) is 0 Å². The van der Waals surface area contributed by atoms with Crippen molar-refractivity contribution in [3.05, 3.63) is 30.3 Å². The molecule has 1 aromatic carbocycles. The Bertz CT molecular complexity index is 563. The zero-order valence-electron chi connectivity index (χ0n) is 15.2. The number of nitrogens with two attached hydrogens (primary N) is 1. The van der Waals surface area contributed by atoms with Gasteiger partial charge in [0.1, 0.15) is 5.75 Å². The smallest absolute Gasteiger partial charge is 0.336 e. The number of carbonyl (C=O) groups excluding carboxylic acids is 2. The number of aliphatic hydroxyl groups is 2. The molecule has 0 saturated heterocycles. The summed E-state index contributed by atoms with van der Waals surface area (Å²) in [4.78, 5) is 25.3. The fourth-order valence-corrected chi connectivity index (χ4v) is 1.42. The second-order valence-corrected chi connectivity index (χ2v) is 5.22. The number of benzene rings is 1. The highest BCUT2D eigenvalue weighted by Crippen LogP contribution is 2.07. The first-order valence-corrected chi connectivity index (χ1v) is 7.75. The molecule has 1 aromatic rings. The lowest BCUT2D eigenvalue weighted by atomic mass is 10.2. The molecule has 4 unspecified atom stereocenters. The summed E-state index contributed by atoms with van der Waals surface area (Å²) in [6, 6.07) is 7.88. The molecule has 0 amide bonds. The van der Waals surface area contributed by atoms with E-state index in [9.17, 15) is 14.7 Å². The topological polar surface area (TPSA) is 141 Å². The second-order valence-electron chi connectivity index (χ2n) is 5.22. The van der Waals surface area contributed by atoms with E-state index >= 15 is 0 Å². The number of aliphatic imine (C=N–C) groups is 1. The highest BCUT2D eigenvalue weighted by molar-refractivity contribution is 5.75. The van der Waals surface area contributed by atoms with Crippen LogP contribution in [0.25, 0.3) is 0 Å². The molecule has 0 saturated carbocycles. The quantitative estimate of drug-likeness (QED) is 0.343. The Morgan fingerprint density at radius 2 is 1.54 bits per heavy atom. The normalized spacial score (nSPS) is 15.0. The first kappa shape index (κ1) is 23.5. The molecule has 0 aliphatic carbocycles. The Labute approximate surface area is 152 Å². The van der Waals surface area contributed by atoms with Gasteiger partial charge in [-0.25, -0.2) is 9.59 Å². The summed E-state index contributed by atoms with van der Waals surface area (Å²) < 4.78 is 13.8. The highest BCUT2D eigenvalue weighted by Gasteiger charge is 2.22. The maximum atomic E-state index is 11.0. The lowest BCUT2D eigenvalue weighted by Crippen LogP contribution is -2.38. The van der Waals surface area contributed by atoms with Crippen molar-refractivity contribution in [3.63, 3.8) is 0 Å². The lowest BCUT2D eigenvalue weighted by Gasteiger charge is -2.11. The maximum absolute atomic E-state index is 11.0. The van der Waals surface area contributed by atoms with Gasteiger partial charge in [-0.2, -0.15) is 0 Å². The van der Waals surface area contributed by atoms with Gasteiger partial charge in [0, 0.05) is 6.04 Å². The highest BCUT2D eigenvalue weighted by atomic mass is 16.5. The van der Waals surface area contributed by atoms with Crippen LogP contribution in [0.5, 0.6) is 5.75 Å². The number of nitrogens with zero attached hydrogens (tertiary/aromatic N) is 1. The summed E-state index contributed by atoms with van der Waals surface area (Å²) in [6.45, 7) is 3.12. The molecule has 0 aliphatic rings. The minimum Gasteiger partial charge on any atom is -0.467 e. The Hall–Kier alpha value is -2.49. The molecule has 4 N–H and O–H groups in total. The first-order chi connectivity index (χ1) is 12.2. The fourth-order valence-electron chi connectivity index (χ4n) is 1.42. The van der Waals surface area contributed by atoms with Crippen molar-refractivity contribution >= 4 is 18.3 Å². The summed E-state index contributed by atoms with van der Waals surface area (Å²) in [7, 11) is 2.41. The van der Waals surface area contributed by atoms with Gasteiger partial charge in [-0.15, -0.1) is 0 Å². The Morgan fingerprint density at radius 1 is 1.04 bits per heavy atom. The van der Waals surface area contributed by atoms with E-state index in [0.717, 1.165) is 0 Å². The lowest BCUT2D eigenvalue weighted by molar-refractivity contribution is -0.151. The monoisotopic (exact) mass is 370 g/mol. The molecule has 0 bridgehead atoms. The number of rotatable bonds is 7. The van der Waals surface area contributed by atoms with E-state index in [0.29, 0.717) is 5.75 Å². The molecule has 146 valence electrons. The molecule has 4 atom stereocenters. The van der Waals surface area contributed by atoms with E-state index in [4.69, 9.17) is 15.6 Å². The number of esters is 2. The third kappa shape index (κ3) is 9.11. The average molecular weight is 370 g/mol. The number of aliphatic hydroxyl groups excluding tert-OH is 2. The van der Waals surface area contributed by atoms with Crippen LogP contribution in [0, 0.1) is 0 Å². The molecule has 0 heterocycles. The van der Waals surface area contributed by atoms with Crippen molar-refractivity contribution in [2.75, 3.05) is 14.2 Å². The van der Waals surface area contributed by atoms with E-state index in [-0.39, 0.29) is 0 Å². The van der Waals surface area contributed by atoms with Crippen LogP contribution in [0.1, 0.15) is 13.8 Å². The van der Waals surface area contributed by atoms with E-state index in [2.05, 4.69) is 14.5 Å². The van der Waals surface area contributed by atoms with Crippen LogP contribution in [0.3, 0.4) is 0 Å². The van der Waals surface area contributed by atoms with Crippen molar-refractivity contribution in [2.45, 2.75) is 38.1 Å². The number of methoxy groups -OCH3 is 2. The van der Waals surface area contributed by atoms with Gasteiger partial charge in [0.05, 0.1) is 20.3 Å². The van der Waals surface area contributed by atoms with Crippen LogP contribution in [0.15, 0.2) is 35.3 Å². The van der Waals surface area contributed by atoms with Gasteiger partial charge in [0.15, 0.2) is 18.6 Å². The van der Waals surface area contributed by atoms with E-state index in [1.165, 1.54) is 27.5 Å². The van der Waals surface area contributed by atoms with Crippen LogP contribution < -0.4 is 10.5 Å². The van der Waals surface area contributed by atoms with Crippen molar-refractivity contribution in [1.82, 2.24) is 0 Å². The van der Waals surface area contributed by atoms with Gasteiger partial charge in [-0.05, 0) is 26.0 Å². The summed E-state index contributed by atoms with van der Waals surface area (Å²) in [6.07, 6.45) is -1.28. The number of hydrogen-bond donors (Lipinski definition) is 3. The summed E-state index contributed by atoms with van der Waals surface area (Å²) >= 11 is 0. The third-order valence-corrected chi connectivity index (χ3v) is 3.07. The van der Waals surface area contributed by atoms with Crippen molar-refractivity contribution < 1.29 is 34.0 Å². The molecule has 26 heavy (non-hydrogen) atoms. The molecule has 0 radical (unpaired) electrons. The standard InChI is InChI=1S/C12H15NO4.C5H11NO3/c1-9(11(14)12(15)16-2)13-8-17-10-6-4-3-5-7-10;1-3(6)4(7)5(8)9-2/h3-9,11,14H,1-2H3;3-4,7H,6H2,1-2H3. The van der Waals surface area contributed by atoms with Crippen LogP contribution in [0.2, 0.25) is 0 Å². The summed E-state index contributed by atoms with van der Waals surface area (Å²) in [5, 5.41) is 18.2. The van der Waals surface area contributed by atoms with Gasteiger partial charge < -0.3 is 30.2 Å². The molecule has 1 rings (SSSR count). The predicted molar refractivity (Wildman–Crippen MR) is 94.7 cm³/mol. The van der Waals surface area contributed by atoms with E-state index in [1.54, 1.807) is 19.1 Å². The average Bonchev–Trinajstić information content (AvgIpc) is 2.66. The minimum absolute atomic E-state index is 0.572. The Balaban J connectivity index is 0.000000590. The van der Waals surface area contributed by atoms with Crippen molar-refractivity contribution in [1.29, 1.82) is 0 Å². The molecule has 0 aliphatic heterocycles. The van der Waals surface area contributed by atoms with Crippen LogP contribution >= 0.6 is 0 Å². The second kappa shape index (κ2) is 12.8. The summed E-state index contributed by atoms with van der Waals surface area (Å²) in [5.41, 5.74) is 5.16.